The second-order valence-corrected chi connectivity index (χ2v) is 9.40. The molecule has 3 aromatic rings. The molecule has 2 aromatic carbocycles. The molecule has 0 aliphatic carbocycles. The van der Waals surface area contributed by atoms with Crippen molar-refractivity contribution in [2.45, 2.75) is 32.2 Å². The van der Waals surface area contributed by atoms with E-state index < -0.39 is 30.6 Å². The molecule has 1 aromatic heterocycles. The van der Waals surface area contributed by atoms with Crippen LogP contribution in [0, 0.1) is 13.8 Å². The van der Waals surface area contributed by atoms with E-state index in [-0.39, 0.29) is 16.5 Å². The molecule has 4 nitrogen and oxygen atoms in total. The third-order valence-electron chi connectivity index (χ3n) is 5.03. The summed E-state index contributed by atoms with van der Waals surface area (Å²) in [4.78, 5) is 17.8. The summed E-state index contributed by atoms with van der Waals surface area (Å²) in [5.74, 6) is 0. The van der Waals surface area contributed by atoms with Gasteiger partial charge in [-0.25, -0.2) is 0 Å². The lowest BCUT2D eigenvalue weighted by molar-refractivity contribution is -0.136. The first-order chi connectivity index (χ1) is 13.7. The highest BCUT2D eigenvalue weighted by Crippen LogP contribution is 2.60. The van der Waals surface area contributed by atoms with Crippen LogP contribution in [0.5, 0.6) is 0 Å². The predicted octanol–water partition coefficient (Wildman–Crippen LogP) is 6.31. The van der Waals surface area contributed by atoms with Crippen LogP contribution in [0.15, 0.2) is 40.9 Å². The highest BCUT2D eigenvalue weighted by atomic mass is 79.9. The number of halogens is 6. The number of benzene rings is 2. The Hall–Kier alpha value is -1.74. The number of nitrogens with zero attached hydrogens (tertiary/aromatic N) is 1. The van der Waals surface area contributed by atoms with E-state index >= 15 is 0 Å². The highest BCUT2D eigenvalue weighted by Gasteiger charge is 2.51. The van der Waals surface area contributed by atoms with Gasteiger partial charge in [-0.1, -0.05) is 40.2 Å². The molecule has 0 saturated heterocycles. The molecular formula is C19H16BrF5NO3P. The van der Waals surface area contributed by atoms with E-state index in [1.807, 2.05) is 0 Å². The lowest BCUT2D eigenvalue weighted by Crippen LogP contribution is -2.15. The SMILES string of the molecule is Cc1c(C)n(Cc2ccc(C(F)(F)P(=O)(O)O)c(Br)c2)c2c(C(F)(F)F)cccc12. The third-order valence-corrected chi connectivity index (χ3v) is 6.66. The summed E-state index contributed by atoms with van der Waals surface area (Å²) in [5, 5.41) is 0.436. The van der Waals surface area contributed by atoms with Crippen LogP contribution in [0.25, 0.3) is 10.9 Å². The van der Waals surface area contributed by atoms with Gasteiger partial charge in [-0.3, -0.25) is 4.57 Å². The van der Waals surface area contributed by atoms with Gasteiger partial charge in [-0.2, -0.15) is 22.0 Å². The first-order valence-electron chi connectivity index (χ1n) is 8.54. The molecule has 0 unspecified atom stereocenters. The standard InChI is InChI=1S/C19H16BrF5NO3P/c1-10-11(2)26(17-13(10)4-3-5-15(17)18(21,22)23)9-12-6-7-14(16(20)8-12)19(24,25)30(27,28)29/h3-8H,9H2,1-2H3,(H2,27,28,29). The lowest BCUT2D eigenvalue weighted by Gasteiger charge is -2.20. The van der Waals surface area contributed by atoms with Gasteiger partial charge in [0.25, 0.3) is 0 Å². The topological polar surface area (TPSA) is 62.5 Å². The maximum atomic E-state index is 14.0. The number of fused-ring (bicyclic) bond motifs is 1. The molecule has 0 spiro atoms. The van der Waals surface area contributed by atoms with E-state index in [1.54, 1.807) is 19.9 Å². The Balaban J connectivity index is 2.13. The average Bonchev–Trinajstić information content (AvgIpc) is 2.85. The smallest absolute Gasteiger partial charge is 0.340 e. The van der Waals surface area contributed by atoms with Gasteiger partial charge in [-0.05, 0) is 37.1 Å². The van der Waals surface area contributed by atoms with Crippen molar-refractivity contribution < 1.29 is 36.3 Å². The van der Waals surface area contributed by atoms with E-state index in [2.05, 4.69) is 15.9 Å². The maximum Gasteiger partial charge on any atom is 0.418 e. The molecule has 30 heavy (non-hydrogen) atoms. The number of para-hydroxylation sites is 1. The van der Waals surface area contributed by atoms with Gasteiger partial charge >= 0.3 is 19.4 Å². The van der Waals surface area contributed by atoms with E-state index in [1.165, 1.54) is 22.8 Å². The van der Waals surface area contributed by atoms with E-state index in [4.69, 9.17) is 9.79 Å². The van der Waals surface area contributed by atoms with Crippen molar-refractivity contribution in [1.82, 2.24) is 4.57 Å². The summed E-state index contributed by atoms with van der Waals surface area (Å²) in [6.07, 6.45) is -4.58. The Bertz CT molecular complexity index is 1180. The van der Waals surface area contributed by atoms with Crippen LogP contribution < -0.4 is 0 Å². The molecule has 1 heterocycles. The summed E-state index contributed by atoms with van der Waals surface area (Å²) in [5.41, 5.74) is -4.49. The van der Waals surface area contributed by atoms with Crippen LogP contribution in [0.3, 0.4) is 0 Å². The number of alkyl halides is 5. The minimum atomic E-state index is -5.75. The average molecular weight is 512 g/mol. The minimum Gasteiger partial charge on any atom is -0.340 e. The molecule has 11 heteroatoms. The Morgan fingerprint density at radius 1 is 1.03 bits per heavy atom. The summed E-state index contributed by atoms with van der Waals surface area (Å²) in [7, 11) is -5.75. The minimum absolute atomic E-state index is 0.0132. The lowest BCUT2D eigenvalue weighted by atomic mass is 10.1. The Morgan fingerprint density at radius 2 is 1.67 bits per heavy atom. The van der Waals surface area contributed by atoms with Gasteiger partial charge < -0.3 is 14.4 Å². The van der Waals surface area contributed by atoms with Crippen LogP contribution >= 0.6 is 23.5 Å². The number of aromatic nitrogens is 1. The Morgan fingerprint density at radius 3 is 2.20 bits per heavy atom. The van der Waals surface area contributed by atoms with Crippen LogP contribution in [-0.4, -0.2) is 14.4 Å². The fourth-order valence-electron chi connectivity index (χ4n) is 3.37. The van der Waals surface area contributed by atoms with Gasteiger partial charge in [0.15, 0.2) is 0 Å². The quantitative estimate of drug-likeness (QED) is 0.318. The number of aryl methyl sites for hydroxylation is 1. The van der Waals surface area contributed by atoms with Gasteiger partial charge in [0, 0.05) is 27.7 Å². The second kappa shape index (κ2) is 7.44. The zero-order valence-corrected chi connectivity index (χ0v) is 18.1. The van der Waals surface area contributed by atoms with Crippen molar-refractivity contribution in [3.63, 3.8) is 0 Å². The molecule has 3 rings (SSSR count). The van der Waals surface area contributed by atoms with Crippen molar-refractivity contribution >= 4 is 34.4 Å². The van der Waals surface area contributed by atoms with Crippen LogP contribution in [0.4, 0.5) is 22.0 Å². The summed E-state index contributed by atoms with van der Waals surface area (Å²) >= 11 is 2.90. The molecule has 2 N–H and O–H groups in total. The number of hydrogen-bond donors (Lipinski definition) is 2. The largest absolute Gasteiger partial charge is 0.418 e. The molecule has 0 radical (unpaired) electrons. The second-order valence-electron chi connectivity index (χ2n) is 6.90. The fraction of sp³-hybridized carbons (Fsp3) is 0.263. The van der Waals surface area contributed by atoms with Crippen molar-refractivity contribution in [3.05, 3.63) is 68.8 Å². The van der Waals surface area contributed by atoms with Crippen molar-refractivity contribution in [1.29, 1.82) is 0 Å². The van der Waals surface area contributed by atoms with Crippen molar-refractivity contribution in [2.75, 3.05) is 0 Å². The molecule has 162 valence electrons. The van der Waals surface area contributed by atoms with Crippen LogP contribution in [-0.2, 0) is 22.9 Å². The molecule has 0 fully saturated rings. The molecular weight excluding hydrogens is 496 g/mol. The van der Waals surface area contributed by atoms with Gasteiger partial charge in [0.05, 0.1) is 11.1 Å². The van der Waals surface area contributed by atoms with Crippen LogP contribution in [0.1, 0.15) is 27.9 Å². The van der Waals surface area contributed by atoms with Crippen molar-refractivity contribution in [3.8, 4) is 0 Å². The summed E-state index contributed by atoms with van der Waals surface area (Å²) in [6, 6.07) is 7.19. The Kier molecular flexibility index (Phi) is 5.69. The summed E-state index contributed by atoms with van der Waals surface area (Å²) in [6.45, 7) is 3.32. The van der Waals surface area contributed by atoms with E-state index in [0.717, 1.165) is 12.1 Å². The fourth-order valence-corrected chi connectivity index (χ4v) is 4.71. The van der Waals surface area contributed by atoms with Gasteiger partial charge in [0.2, 0.25) is 0 Å². The molecule has 0 amide bonds. The first kappa shape index (κ1) is 22.9. The summed E-state index contributed by atoms with van der Waals surface area (Å²) < 4.78 is 81.0. The maximum absolute atomic E-state index is 14.0. The van der Waals surface area contributed by atoms with E-state index in [0.29, 0.717) is 22.2 Å². The molecule has 0 aliphatic rings. The first-order valence-corrected chi connectivity index (χ1v) is 10.9. The number of hydrogen-bond acceptors (Lipinski definition) is 1. The third kappa shape index (κ3) is 3.82. The molecule has 0 aliphatic heterocycles. The van der Waals surface area contributed by atoms with E-state index in [9.17, 15) is 26.5 Å². The molecule has 0 saturated carbocycles. The molecule has 0 bridgehead atoms. The zero-order chi connectivity index (χ0) is 22.6. The highest BCUT2D eigenvalue weighted by molar-refractivity contribution is 9.10. The number of rotatable bonds is 4. The van der Waals surface area contributed by atoms with Gasteiger partial charge in [0.1, 0.15) is 0 Å². The van der Waals surface area contributed by atoms with Crippen molar-refractivity contribution in [2.24, 2.45) is 0 Å². The monoisotopic (exact) mass is 511 g/mol. The predicted molar refractivity (Wildman–Crippen MR) is 106 cm³/mol. The van der Waals surface area contributed by atoms with Gasteiger partial charge in [-0.15, -0.1) is 0 Å². The Labute approximate surface area is 176 Å². The normalized spacial score (nSPS) is 13.3. The molecule has 0 atom stereocenters. The zero-order valence-electron chi connectivity index (χ0n) is 15.6. The van der Waals surface area contributed by atoms with Crippen LogP contribution in [0.2, 0.25) is 0 Å².